The van der Waals surface area contributed by atoms with Crippen molar-refractivity contribution in [1.82, 2.24) is 5.43 Å². The van der Waals surface area contributed by atoms with Gasteiger partial charge >= 0.3 is 0 Å². The second kappa shape index (κ2) is 8.75. The van der Waals surface area contributed by atoms with Crippen molar-refractivity contribution in [3.63, 3.8) is 0 Å². The molecule has 0 fully saturated rings. The molecule has 0 aliphatic heterocycles. The summed E-state index contributed by atoms with van der Waals surface area (Å²) < 4.78 is 25.4. The Kier molecular flexibility index (Phi) is 7.15. The van der Waals surface area contributed by atoms with E-state index in [4.69, 9.17) is 23.2 Å². The van der Waals surface area contributed by atoms with E-state index < -0.39 is 21.0 Å². The van der Waals surface area contributed by atoms with Gasteiger partial charge in [0.15, 0.2) is 9.84 Å². The molecule has 1 N–H and O–H groups in total. The number of amides is 1. The minimum Gasteiger partial charge on any atom is -0.266 e. The van der Waals surface area contributed by atoms with Gasteiger partial charge in [-0.25, -0.2) is 13.8 Å². The molecule has 0 aliphatic rings. The number of thioether (sulfide) groups is 1. The average Bonchev–Trinajstić information content (AvgIpc) is 3.02. The Morgan fingerprint density at radius 3 is 2.46 bits per heavy atom. The summed E-state index contributed by atoms with van der Waals surface area (Å²) in [5.41, 5.74) is 2.85. The van der Waals surface area contributed by atoms with Crippen LogP contribution in [0.3, 0.4) is 0 Å². The first-order valence-corrected chi connectivity index (χ1v) is 11.7. The van der Waals surface area contributed by atoms with Crippen LogP contribution >= 0.6 is 46.3 Å². The normalized spacial score (nSPS) is 12.1. The molecule has 0 bridgehead atoms. The number of nitrogens with zero attached hydrogens (tertiary/aromatic N) is 1. The summed E-state index contributed by atoms with van der Waals surface area (Å²) in [5, 5.41) is 4.10. The summed E-state index contributed by atoms with van der Waals surface area (Å²) in [6, 6.07) is 6.40. The Balaban J connectivity index is 2.23. The van der Waals surface area contributed by atoms with Crippen LogP contribution in [0.2, 0.25) is 10.0 Å². The number of carbonyl (C=O) groups is 1. The third-order valence-corrected chi connectivity index (χ3v) is 8.72. The molecule has 2 aromatic rings. The summed E-state index contributed by atoms with van der Waals surface area (Å²) in [6.45, 7) is 3.21. The van der Waals surface area contributed by atoms with Gasteiger partial charge in [-0.1, -0.05) is 29.3 Å². The molecule has 0 radical (unpaired) electrons. The molecule has 1 heterocycles. The molecule has 0 unspecified atom stereocenters. The second-order valence-corrected chi connectivity index (χ2v) is 10.8. The molecule has 0 aliphatic carbocycles. The van der Waals surface area contributed by atoms with Crippen LogP contribution in [0.25, 0.3) is 0 Å². The third kappa shape index (κ3) is 4.61. The Bertz CT molecular complexity index is 933. The van der Waals surface area contributed by atoms with Crippen molar-refractivity contribution in [3.8, 4) is 0 Å². The van der Waals surface area contributed by atoms with E-state index in [1.165, 1.54) is 24.0 Å². The maximum Gasteiger partial charge on any atom is 0.281 e. The largest absolute Gasteiger partial charge is 0.281 e. The van der Waals surface area contributed by atoms with Gasteiger partial charge in [0.2, 0.25) is 0 Å². The molecule has 0 saturated heterocycles. The van der Waals surface area contributed by atoms with Crippen LogP contribution in [0.15, 0.2) is 38.5 Å². The number of halogens is 2. The Morgan fingerprint density at radius 1 is 1.31 bits per heavy atom. The number of hydrogen-bond acceptors (Lipinski definition) is 6. The van der Waals surface area contributed by atoms with Crippen molar-refractivity contribution >= 4 is 68.3 Å². The molecule has 26 heavy (non-hydrogen) atoms. The van der Waals surface area contributed by atoms with Crippen LogP contribution in [-0.2, 0) is 9.84 Å². The number of rotatable bonds is 6. The number of hydrogen-bond donors (Lipinski definition) is 1. The molecule has 2 rings (SSSR count). The molecule has 0 saturated carbocycles. The van der Waals surface area contributed by atoms with Crippen molar-refractivity contribution in [2.24, 2.45) is 5.10 Å². The molecule has 0 spiro atoms. The Hall–Kier alpha value is -1.06. The molecule has 140 valence electrons. The second-order valence-electron chi connectivity index (χ2n) is 5.39. The molecule has 1 aromatic carbocycles. The topological polar surface area (TPSA) is 75.6 Å². The minimum absolute atomic E-state index is 0.174. The molecule has 0 atom stereocenters. The van der Waals surface area contributed by atoms with E-state index in [2.05, 4.69) is 10.5 Å². The summed E-state index contributed by atoms with van der Waals surface area (Å²) in [6.07, 6.45) is 3.11. The predicted molar refractivity (Wildman–Crippen MR) is 110 cm³/mol. The Morgan fingerprint density at radius 2 is 1.92 bits per heavy atom. The summed E-state index contributed by atoms with van der Waals surface area (Å²) in [4.78, 5) is 12.7. The molecule has 5 nitrogen and oxygen atoms in total. The zero-order valence-corrected chi connectivity index (χ0v) is 18.1. The summed E-state index contributed by atoms with van der Waals surface area (Å²) in [5.74, 6) is -0.505. The lowest BCUT2D eigenvalue weighted by Crippen LogP contribution is -2.17. The first-order valence-electron chi connectivity index (χ1n) is 7.37. The zero-order valence-electron chi connectivity index (χ0n) is 14.1. The minimum atomic E-state index is -3.47. The fourth-order valence-corrected chi connectivity index (χ4v) is 6.11. The van der Waals surface area contributed by atoms with E-state index in [0.717, 1.165) is 11.3 Å². The maximum atomic E-state index is 12.4. The summed E-state index contributed by atoms with van der Waals surface area (Å²) >= 11 is 14.5. The predicted octanol–water partition coefficient (Wildman–Crippen LogP) is 4.72. The van der Waals surface area contributed by atoms with Gasteiger partial charge in [0.25, 0.3) is 5.91 Å². The average molecular weight is 451 g/mol. The molecular formula is C16H16Cl2N2O3S3. The third-order valence-electron chi connectivity index (χ3n) is 3.36. The number of thiophene rings is 1. The fraction of sp³-hybridized carbons (Fsp3) is 0.250. The number of nitrogens with one attached hydrogen (secondary N) is 1. The molecular weight excluding hydrogens is 435 g/mol. The van der Waals surface area contributed by atoms with Gasteiger partial charge in [-0.05, 0) is 38.3 Å². The lowest BCUT2D eigenvalue weighted by molar-refractivity contribution is 0.0959. The monoisotopic (exact) mass is 450 g/mol. The highest BCUT2D eigenvalue weighted by atomic mass is 35.5. The quantitative estimate of drug-likeness (QED) is 0.392. The van der Waals surface area contributed by atoms with Crippen molar-refractivity contribution in [1.29, 1.82) is 0 Å². The van der Waals surface area contributed by atoms with Crippen LogP contribution in [0.5, 0.6) is 0 Å². The Labute approximate surface area is 170 Å². The number of sulfone groups is 1. The SMILES string of the molecule is CSc1sc(C(=O)N/N=C\c2c(Cl)cccc2Cl)cc1S(=O)(=O)C(C)C. The lowest BCUT2D eigenvalue weighted by atomic mass is 10.2. The fourth-order valence-electron chi connectivity index (χ4n) is 1.91. The van der Waals surface area contributed by atoms with Crippen LogP contribution in [0, 0.1) is 0 Å². The van der Waals surface area contributed by atoms with E-state index in [1.54, 1.807) is 38.3 Å². The first-order chi connectivity index (χ1) is 12.2. The van der Waals surface area contributed by atoms with Gasteiger partial charge < -0.3 is 0 Å². The van der Waals surface area contributed by atoms with E-state index in [9.17, 15) is 13.2 Å². The van der Waals surface area contributed by atoms with E-state index in [0.29, 0.717) is 19.8 Å². The van der Waals surface area contributed by atoms with Gasteiger partial charge in [0, 0.05) is 5.56 Å². The smallest absolute Gasteiger partial charge is 0.266 e. The highest BCUT2D eigenvalue weighted by Gasteiger charge is 2.26. The number of hydrazone groups is 1. The lowest BCUT2D eigenvalue weighted by Gasteiger charge is -2.06. The molecule has 10 heteroatoms. The van der Waals surface area contributed by atoms with Crippen LogP contribution in [-0.4, -0.2) is 32.0 Å². The van der Waals surface area contributed by atoms with Crippen molar-refractivity contribution in [3.05, 3.63) is 44.8 Å². The van der Waals surface area contributed by atoms with E-state index in [1.807, 2.05) is 0 Å². The van der Waals surface area contributed by atoms with Crippen molar-refractivity contribution in [2.45, 2.75) is 28.2 Å². The van der Waals surface area contributed by atoms with Crippen molar-refractivity contribution in [2.75, 3.05) is 6.26 Å². The van der Waals surface area contributed by atoms with Crippen molar-refractivity contribution < 1.29 is 13.2 Å². The van der Waals surface area contributed by atoms with Gasteiger partial charge in [0.05, 0.1) is 35.5 Å². The summed E-state index contributed by atoms with van der Waals surface area (Å²) in [7, 11) is -3.47. The first kappa shape index (κ1) is 21.2. The van der Waals surface area contributed by atoms with E-state index in [-0.39, 0.29) is 9.77 Å². The maximum absolute atomic E-state index is 12.4. The van der Waals surface area contributed by atoms with Gasteiger partial charge in [-0.3, -0.25) is 4.79 Å². The van der Waals surface area contributed by atoms with Crippen LogP contribution in [0.4, 0.5) is 0 Å². The van der Waals surface area contributed by atoms with Gasteiger partial charge in [0.1, 0.15) is 0 Å². The number of carbonyl (C=O) groups excluding carboxylic acids is 1. The highest BCUT2D eigenvalue weighted by molar-refractivity contribution is 8.01. The molecule has 1 aromatic heterocycles. The van der Waals surface area contributed by atoms with Crippen LogP contribution < -0.4 is 5.43 Å². The standard InChI is InChI=1S/C16H16Cl2N2O3S3/c1-9(2)26(22,23)14-7-13(25-16(14)24-3)15(21)20-19-8-10-11(17)5-4-6-12(10)18/h4-9H,1-3H3,(H,20,21)/b19-8-. The van der Waals surface area contributed by atoms with Gasteiger partial charge in [-0.15, -0.1) is 23.1 Å². The zero-order chi connectivity index (χ0) is 19.5. The molecule has 1 amide bonds. The number of benzene rings is 1. The van der Waals surface area contributed by atoms with Crippen LogP contribution in [0.1, 0.15) is 29.1 Å². The van der Waals surface area contributed by atoms with Gasteiger partial charge in [-0.2, -0.15) is 5.10 Å². The van der Waals surface area contributed by atoms with E-state index >= 15 is 0 Å². The highest BCUT2D eigenvalue weighted by Crippen LogP contribution is 2.35.